The number of aromatic nitrogens is 2. The molecule has 0 saturated heterocycles. The molecule has 0 aliphatic heterocycles. The molecule has 1 heterocycles. The Hall–Kier alpha value is -1.90. The molecule has 0 spiro atoms. The van der Waals surface area contributed by atoms with Crippen LogP contribution in [0.2, 0.25) is 0 Å². The molecule has 0 aliphatic rings. The first-order chi connectivity index (χ1) is 8.08. The Morgan fingerprint density at radius 3 is 2.35 bits per heavy atom. The molecule has 1 aromatic heterocycles. The number of carbonyl (C=O) groups is 1. The Morgan fingerprint density at radius 2 is 1.88 bits per heavy atom. The number of rotatable bonds is 3. The van der Waals surface area contributed by atoms with Gasteiger partial charge < -0.3 is 4.57 Å². The van der Waals surface area contributed by atoms with Crippen LogP contribution in [-0.2, 0) is 7.05 Å². The second kappa shape index (κ2) is 4.53. The topological polar surface area (TPSA) is 34.9 Å². The fraction of sp³-hybridized carbons (Fsp3) is 0.286. The Morgan fingerprint density at radius 1 is 1.24 bits per heavy atom. The minimum absolute atomic E-state index is 0.0269. The van der Waals surface area contributed by atoms with Crippen LogP contribution in [0.5, 0.6) is 0 Å². The van der Waals surface area contributed by atoms with Crippen molar-refractivity contribution >= 4 is 5.78 Å². The van der Waals surface area contributed by atoms with E-state index in [-0.39, 0.29) is 5.78 Å². The van der Waals surface area contributed by atoms with Crippen molar-refractivity contribution in [1.82, 2.24) is 9.55 Å². The summed E-state index contributed by atoms with van der Waals surface area (Å²) in [4.78, 5) is 16.1. The summed E-state index contributed by atoms with van der Waals surface area (Å²) in [5, 5.41) is 0. The molecule has 2 aromatic rings. The average Bonchev–Trinajstić information content (AvgIpc) is 2.75. The Bertz CT molecular complexity index is 523. The number of imidazole rings is 1. The van der Waals surface area contributed by atoms with Crippen molar-refractivity contribution in [2.75, 3.05) is 0 Å². The van der Waals surface area contributed by atoms with Crippen LogP contribution < -0.4 is 0 Å². The zero-order chi connectivity index (χ0) is 12.4. The fourth-order valence-corrected chi connectivity index (χ4v) is 1.70. The maximum absolute atomic E-state index is 12.1. The molecule has 88 valence electrons. The van der Waals surface area contributed by atoms with E-state index in [0.29, 0.717) is 17.2 Å². The van der Waals surface area contributed by atoms with Crippen LogP contribution in [-0.4, -0.2) is 15.3 Å². The van der Waals surface area contributed by atoms with E-state index in [1.54, 1.807) is 17.1 Å². The monoisotopic (exact) mass is 228 g/mol. The van der Waals surface area contributed by atoms with Crippen molar-refractivity contribution in [2.24, 2.45) is 7.05 Å². The molecule has 2 rings (SSSR count). The van der Waals surface area contributed by atoms with Gasteiger partial charge in [-0.1, -0.05) is 38.1 Å². The minimum Gasteiger partial charge on any atom is -0.340 e. The van der Waals surface area contributed by atoms with Gasteiger partial charge in [-0.25, -0.2) is 4.98 Å². The maximum atomic E-state index is 12.1. The van der Waals surface area contributed by atoms with Crippen LogP contribution in [0.25, 0.3) is 0 Å². The minimum atomic E-state index is -0.0269. The van der Waals surface area contributed by atoms with Crippen LogP contribution in [0.3, 0.4) is 0 Å². The van der Waals surface area contributed by atoms with E-state index in [1.165, 1.54) is 5.56 Å². The van der Waals surface area contributed by atoms with E-state index in [2.05, 4.69) is 18.8 Å². The van der Waals surface area contributed by atoms with E-state index < -0.39 is 0 Å². The second-order valence-corrected chi connectivity index (χ2v) is 4.53. The van der Waals surface area contributed by atoms with Gasteiger partial charge in [0, 0.05) is 18.8 Å². The molecule has 0 fully saturated rings. The number of hydrogen-bond acceptors (Lipinski definition) is 2. The summed E-state index contributed by atoms with van der Waals surface area (Å²) in [5.74, 6) is 0.454. The first kappa shape index (κ1) is 11.6. The Balaban J connectivity index is 2.26. The average molecular weight is 228 g/mol. The highest BCUT2D eigenvalue weighted by Gasteiger charge is 2.11. The molecule has 17 heavy (non-hydrogen) atoms. The van der Waals surface area contributed by atoms with Crippen LogP contribution in [0.1, 0.15) is 41.4 Å². The summed E-state index contributed by atoms with van der Waals surface area (Å²) < 4.78 is 1.77. The van der Waals surface area contributed by atoms with E-state index in [4.69, 9.17) is 0 Å². The lowest BCUT2D eigenvalue weighted by Crippen LogP contribution is -2.02. The molecule has 0 bridgehead atoms. The molecular formula is C14H16N2O. The maximum Gasteiger partial charge on any atom is 0.212 e. The van der Waals surface area contributed by atoms with Crippen molar-refractivity contribution in [1.29, 1.82) is 0 Å². The van der Waals surface area contributed by atoms with E-state index in [0.717, 1.165) is 0 Å². The lowest BCUT2D eigenvalue weighted by molar-refractivity contribution is 0.103. The van der Waals surface area contributed by atoms with Gasteiger partial charge in [0.15, 0.2) is 0 Å². The molecule has 0 aliphatic carbocycles. The fourth-order valence-electron chi connectivity index (χ4n) is 1.70. The van der Waals surface area contributed by atoms with Gasteiger partial charge in [-0.3, -0.25) is 4.79 Å². The predicted molar refractivity (Wildman–Crippen MR) is 67.2 cm³/mol. The summed E-state index contributed by atoms with van der Waals surface area (Å²) in [6.07, 6.45) is 3.37. The quantitative estimate of drug-likeness (QED) is 0.757. The van der Waals surface area contributed by atoms with Gasteiger partial charge in [-0.05, 0) is 11.5 Å². The van der Waals surface area contributed by atoms with Gasteiger partial charge in [-0.15, -0.1) is 0 Å². The zero-order valence-corrected chi connectivity index (χ0v) is 10.3. The van der Waals surface area contributed by atoms with Gasteiger partial charge in [0.05, 0.1) is 6.33 Å². The van der Waals surface area contributed by atoms with Crippen molar-refractivity contribution < 1.29 is 4.79 Å². The van der Waals surface area contributed by atoms with E-state index in [1.807, 2.05) is 31.3 Å². The molecule has 0 saturated carbocycles. The van der Waals surface area contributed by atoms with Crippen molar-refractivity contribution in [3.8, 4) is 0 Å². The lowest BCUT2D eigenvalue weighted by Gasteiger charge is -2.05. The van der Waals surface area contributed by atoms with Gasteiger partial charge in [0.2, 0.25) is 5.78 Å². The van der Waals surface area contributed by atoms with Gasteiger partial charge in [0.25, 0.3) is 0 Å². The van der Waals surface area contributed by atoms with Crippen LogP contribution >= 0.6 is 0 Å². The number of nitrogens with zero attached hydrogens (tertiary/aromatic N) is 2. The highest BCUT2D eigenvalue weighted by molar-refractivity contribution is 6.07. The summed E-state index contributed by atoms with van der Waals surface area (Å²) in [6.45, 7) is 4.27. The van der Waals surface area contributed by atoms with E-state index in [9.17, 15) is 4.79 Å². The molecule has 0 amide bonds. The second-order valence-electron chi connectivity index (χ2n) is 4.53. The Kier molecular flexibility index (Phi) is 3.09. The third-order valence-corrected chi connectivity index (χ3v) is 2.78. The molecule has 0 N–H and O–H groups in total. The van der Waals surface area contributed by atoms with Crippen LogP contribution in [0.15, 0.2) is 36.8 Å². The van der Waals surface area contributed by atoms with Gasteiger partial charge in [0.1, 0.15) is 5.69 Å². The Labute approximate surface area is 101 Å². The van der Waals surface area contributed by atoms with Crippen molar-refractivity contribution in [3.63, 3.8) is 0 Å². The SMILES string of the molecule is CC(C)c1ccc(C(=O)c2cn(C)cn2)cc1. The largest absolute Gasteiger partial charge is 0.340 e. The number of benzene rings is 1. The summed E-state index contributed by atoms with van der Waals surface area (Å²) in [5.41, 5.74) is 2.42. The molecule has 0 unspecified atom stereocenters. The predicted octanol–water partition coefficient (Wildman–Crippen LogP) is 2.77. The number of ketones is 1. The molecule has 3 heteroatoms. The van der Waals surface area contributed by atoms with Crippen LogP contribution in [0.4, 0.5) is 0 Å². The molecule has 0 atom stereocenters. The summed E-state index contributed by atoms with van der Waals surface area (Å²) >= 11 is 0. The van der Waals surface area contributed by atoms with Crippen molar-refractivity contribution in [2.45, 2.75) is 19.8 Å². The van der Waals surface area contributed by atoms with Gasteiger partial charge in [-0.2, -0.15) is 0 Å². The molecule has 0 radical (unpaired) electrons. The molecule has 3 nitrogen and oxygen atoms in total. The number of carbonyl (C=O) groups excluding carboxylic acids is 1. The summed E-state index contributed by atoms with van der Waals surface area (Å²) in [6, 6.07) is 7.74. The normalized spacial score (nSPS) is 10.8. The molecular weight excluding hydrogens is 212 g/mol. The first-order valence-electron chi connectivity index (χ1n) is 5.70. The third kappa shape index (κ3) is 2.44. The third-order valence-electron chi connectivity index (χ3n) is 2.78. The summed E-state index contributed by atoms with van der Waals surface area (Å²) in [7, 11) is 1.85. The number of hydrogen-bond donors (Lipinski definition) is 0. The zero-order valence-electron chi connectivity index (χ0n) is 10.3. The highest BCUT2D eigenvalue weighted by Crippen LogP contribution is 2.16. The number of aryl methyl sites for hydroxylation is 1. The highest BCUT2D eigenvalue weighted by atomic mass is 16.1. The standard InChI is InChI=1S/C14H16N2O/c1-10(2)11-4-6-12(7-5-11)14(17)13-8-16(3)9-15-13/h4-10H,1-3H3. The van der Waals surface area contributed by atoms with E-state index >= 15 is 0 Å². The lowest BCUT2D eigenvalue weighted by atomic mass is 10.00. The molecule has 1 aromatic carbocycles. The van der Waals surface area contributed by atoms with Crippen molar-refractivity contribution in [3.05, 3.63) is 53.6 Å². The van der Waals surface area contributed by atoms with Gasteiger partial charge >= 0.3 is 0 Å². The van der Waals surface area contributed by atoms with Crippen LogP contribution in [0, 0.1) is 0 Å². The first-order valence-corrected chi connectivity index (χ1v) is 5.70. The smallest absolute Gasteiger partial charge is 0.212 e.